The molecule has 1 amide bonds. The van der Waals surface area contributed by atoms with Gasteiger partial charge in [0.05, 0.1) is 5.56 Å². The highest BCUT2D eigenvalue weighted by molar-refractivity contribution is 5.95. The summed E-state index contributed by atoms with van der Waals surface area (Å²) in [6.07, 6.45) is -4.39. The topological polar surface area (TPSA) is 57.6 Å². The number of aliphatic carboxylic acids is 1. The second kappa shape index (κ2) is 6.55. The van der Waals surface area contributed by atoms with Gasteiger partial charge >= 0.3 is 12.1 Å². The Morgan fingerprint density at radius 2 is 1.90 bits per heavy atom. The van der Waals surface area contributed by atoms with Crippen molar-refractivity contribution >= 4 is 11.9 Å². The molecule has 0 aliphatic rings. The van der Waals surface area contributed by atoms with Crippen LogP contribution in [0.4, 0.5) is 17.6 Å². The normalized spacial score (nSPS) is 11.3. The Morgan fingerprint density at radius 1 is 1.29 bits per heavy atom. The second-order valence-corrected chi connectivity index (χ2v) is 4.31. The lowest BCUT2D eigenvalue weighted by atomic mass is 10.1. The molecule has 0 fully saturated rings. The van der Waals surface area contributed by atoms with Crippen molar-refractivity contribution in [1.29, 1.82) is 0 Å². The van der Waals surface area contributed by atoms with Gasteiger partial charge in [-0.05, 0) is 24.6 Å². The van der Waals surface area contributed by atoms with Crippen LogP contribution in [0.5, 0.6) is 0 Å². The Bertz CT molecular complexity index is 543. The third-order valence-electron chi connectivity index (χ3n) is 2.63. The third-order valence-corrected chi connectivity index (χ3v) is 2.63. The predicted molar refractivity (Wildman–Crippen MR) is 65.2 cm³/mol. The van der Waals surface area contributed by atoms with E-state index < -0.39 is 36.0 Å². The van der Waals surface area contributed by atoms with E-state index in [9.17, 15) is 27.2 Å². The molecule has 0 radical (unpaired) electrons. The number of carboxylic acids is 1. The van der Waals surface area contributed by atoms with Crippen LogP contribution in [0, 0.1) is 5.82 Å². The maximum Gasteiger partial charge on any atom is 0.419 e. The highest BCUT2D eigenvalue weighted by atomic mass is 19.4. The van der Waals surface area contributed by atoms with Crippen molar-refractivity contribution in [3.05, 3.63) is 35.1 Å². The quantitative estimate of drug-likeness (QED) is 0.851. The largest absolute Gasteiger partial charge is 0.480 e. The van der Waals surface area contributed by atoms with Crippen molar-refractivity contribution in [1.82, 2.24) is 4.90 Å². The zero-order valence-electron chi connectivity index (χ0n) is 11.1. The lowest BCUT2D eigenvalue weighted by Gasteiger charge is -2.20. The summed E-state index contributed by atoms with van der Waals surface area (Å²) in [5.74, 6) is -3.66. The standard InChI is InChI=1S/C13H13F4NO3/c1-2-5-18(7-11(19)20)12(21)8-3-4-9(10(14)6-8)13(15,16)17/h3-4,6H,2,5,7H2,1H3,(H,19,20). The van der Waals surface area contributed by atoms with Crippen molar-refractivity contribution in [2.45, 2.75) is 19.5 Å². The first-order valence-corrected chi connectivity index (χ1v) is 6.04. The minimum atomic E-state index is -4.85. The molecule has 0 unspecified atom stereocenters. The van der Waals surface area contributed by atoms with Crippen LogP contribution in [-0.4, -0.2) is 35.0 Å². The van der Waals surface area contributed by atoms with Crippen molar-refractivity contribution in [3.8, 4) is 0 Å². The van der Waals surface area contributed by atoms with E-state index in [1.54, 1.807) is 6.92 Å². The summed E-state index contributed by atoms with van der Waals surface area (Å²) < 4.78 is 50.7. The summed E-state index contributed by atoms with van der Waals surface area (Å²) in [4.78, 5) is 23.6. The number of benzene rings is 1. The third kappa shape index (κ3) is 4.44. The molecule has 1 rings (SSSR count). The lowest BCUT2D eigenvalue weighted by Crippen LogP contribution is -2.36. The second-order valence-electron chi connectivity index (χ2n) is 4.31. The average Bonchev–Trinajstić information content (AvgIpc) is 2.35. The van der Waals surface area contributed by atoms with Gasteiger partial charge in [-0.1, -0.05) is 6.92 Å². The van der Waals surface area contributed by atoms with Gasteiger partial charge in [0.15, 0.2) is 0 Å². The van der Waals surface area contributed by atoms with E-state index in [1.807, 2.05) is 0 Å². The van der Waals surface area contributed by atoms with Crippen LogP contribution in [-0.2, 0) is 11.0 Å². The van der Waals surface area contributed by atoms with Gasteiger partial charge in [-0.3, -0.25) is 9.59 Å². The minimum Gasteiger partial charge on any atom is -0.480 e. The summed E-state index contributed by atoms with van der Waals surface area (Å²) in [5, 5.41) is 8.69. The van der Waals surface area contributed by atoms with Crippen molar-refractivity contribution < 1.29 is 32.3 Å². The molecule has 1 aromatic rings. The van der Waals surface area contributed by atoms with E-state index in [1.165, 1.54) is 0 Å². The Balaban J connectivity index is 3.06. The number of carbonyl (C=O) groups excluding carboxylic acids is 1. The van der Waals surface area contributed by atoms with Gasteiger partial charge in [0.1, 0.15) is 12.4 Å². The first-order chi connectivity index (χ1) is 9.66. The van der Waals surface area contributed by atoms with E-state index in [2.05, 4.69) is 0 Å². The number of hydrogen-bond acceptors (Lipinski definition) is 2. The number of rotatable bonds is 5. The summed E-state index contributed by atoms with van der Waals surface area (Å²) >= 11 is 0. The van der Waals surface area contributed by atoms with E-state index in [4.69, 9.17) is 5.11 Å². The SMILES string of the molecule is CCCN(CC(=O)O)C(=O)c1ccc(C(F)(F)F)c(F)c1. The molecule has 1 N–H and O–H groups in total. The average molecular weight is 307 g/mol. The molecule has 0 spiro atoms. The van der Waals surface area contributed by atoms with Crippen molar-refractivity contribution in [2.24, 2.45) is 0 Å². The molecule has 4 nitrogen and oxygen atoms in total. The summed E-state index contributed by atoms with van der Waals surface area (Å²) in [7, 11) is 0. The highest BCUT2D eigenvalue weighted by Gasteiger charge is 2.34. The van der Waals surface area contributed by atoms with Crippen LogP contribution in [0.1, 0.15) is 29.3 Å². The van der Waals surface area contributed by atoms with Crippen molar-refractivity contribution in [3.63, 3.8) is 0 Å². The molecule has 1 aromatic carbocycles. The minimum absolute atomic E-state index is 0.105. The number of alkyl halides is 3. The van der Waals surface area contributed by atoms with E-state index in [0.717, 1.165) is 11.0 Å². The Labute approximate surface area is 118 Å². The Kier molecular flexibility index (Phi) is 5.28. The van der Waals surface area contributed by atoms with E-state index in [0.29, 0.717) is 18.6 Å². The number of carboxylic acid groups (broad SMARTS) is 1. The van der Waals surface area contributed by atoms with Gasteiger partial charge < -0.3 is 10.0 Å². The molecular weight excluding hydrogens is 294 g/mol. The number of amides is 1. The van der Waals surface area contributed by atoms with Gasteiger partial charge in [-0.2, -0.15) is 13.2 Å². The molecule has 116 valence electrons. The van der Waals surface area contributed by atoms with Crippen LogP contribution in [0.15, 0.2) is 18.2 Å². The molecule has 0 bridgehead atoms. The van der Waals surface area contributed by atoms with Crippen LogP contribution in [0.3, 0.4) is 0 Å². The fourth-order valence-electron chi connectivity index (χ4n) is 1.75. The van der Waals surface area contributed by atoms with Crippen LogP contribution >= 0.6 is 0 Å². The smallest absolute Gasteiger partial charge is 0.419 e. The van der Waals surface area contributed by atoms with Crippen LogP contribution in [0.2, 0.25) is 0 Å². The number of hydrogen-bond donors (Lipinski definition) is 1. The fraction of sp³-hybridized carbons (Fsp3) is 0.385. The maximum absolute atomic E-state index is 13.4. The zero-order valence-corrected chi connectivity index (χ0v) is 11.1. The molecule has 0 aliphatic heterocycles. The summed E-state index contributed by atoms with van der Waals surface area (Å²) in [5.41, 5.74) is -1.80. The van der Waals surface area contributed by atoms with Crippen LogP contribution < -0.4 is 0 Å². The Hall–Kier alpha value is -2.12. The molecule has 0 heterocycles. The summed E-state index contributed by atoms with van der Waals surface area (Å²) in [6, 6.07) is 1.77. The highest BCUT2D eigenvalue weighted by Crippen LogP contribution is 2.31. The fourth-order valence-corrected chi connectivity index (χ4v) is 1.75. The number of halogens is 4. The molecule has 21 heavy (non-hydrogen) atoms. The van der Waals surface area contributed by atoms with Crippen molar-refractivity contribution in [2.75, 3.05) is 13.1 Å². The first-order valence-electron chi connectivity index (χ1n) is 6.04. The van der Waals surface area contributed by atoms with Gasteiger partial charge in [-0.25, -0.2) is 4.39 Å². The zero-order chi connectivity index (χ0) is 16.2. The van der Waals surface area contributed by atoms with Gasteiger partial charge in [-0.15, -0.1) is 0 Å². The molecule has 0 aliphatic carbocycles. The van der Waals surface area contributed by atoms with Gasteiger partial charge in [0, 0.05) is 12.1 Å². The molecule has 0 aromatic heterocycles. The van der Waals surface area contributed by atoms with Gasteiger partial charge in [0.25, 0.3) is 5.91 Å². The Morgan fingerprint density at radius 3 is 2.33 bits per heavy atom. The predicted octanol–water partition coefficient (Wildman–Crippen LogP) is 2.78. The number of carbonyl (C=O) groups is 2. The monoisotopic (exact) mass is 307 g/mol. The van der Waals surface area contributed by atoms with Crippen LogP contribution in [0.25, 0.3) is 0 Å². The molecular formula is C13H13F4NO3. The molecule has 0 saturated carbocycles. The lowest BCUT2D eigenvalue weighted by molar-refractivity contribution is -0.140. The first kappa shape index (κ1) is 16.9. The van der Waals surface area contributed by atoms with E-state index >= 15 is 0 Å². The van der Waals surface area contributed by atoms with Gasteiger partial charge in [0.2, 0.25) is 0 Å². The molecule has 0 saturated heterocycles. The molecule has 0 atom stereocenters. The maximum atomic E-state index is 13.4. The molecule has 8 heteroatoms. The van der Waals surface area contributed by atoms with E-state index in [-0.39, 0.29) is 12.1 Å². The number of nitrogens with zero attached hydrogens (tertiary/aromatic N) is 1. The summed E-state index contributed by atoms with van der Waals surface area (Å²) in [6.45, 7) is 1.21.